The normalized spacial score (nSPS) is 12.7. The minimum atomic E-state index is -4.56. The lowest BCUT2D eigenvalue weighted by Crippen LogP contribution is -2.32. The molecule has 0 saturated heterocycles. The Labute approximate surface area is 192 Å². The number of hydrogen-bond donors (Lipinski definition) is 2. The minimum Gasteiger partial charge on any atom is -0.475 e. The Morgan fingerprint density at radius 3 is 2.61 bits per heavy atom. The van der Waals surface area contributed by atoms with E-state index in [1.54, 1.807) is 18.4 Å². The highest BCUT2D eigenvalue weighted by Gasteiger charge is 2.32. The number of carboxylic acid groups (broad SMARTS) is 1. The summed E-state index contributed by atoms with van der Waals surface area (Å²) in [6.07, 6.45) is -1.71. The average molecular weight is 484 g/mol. The van der Waals surface area contributed by atoms with Crippen molar-refractivity contribution in [1.29, 1.82) is 0 Å². The van der Waals surface area contributed by atoms with Crippen LogP contribution in [0, 0.1) is 6.92 Å². The molecule has 0 spiro atoms. The third kappa shape index (κ3) is 5.63. The molecule has 2 N–H and O–H groups in total. The third-order valence-corrected chi connectivity index (χ3v) is 5.05. The van der Waals surface area contributed by atoms with Gasteiger partial charge in [0.05, 0.1) is 11.4 Å². The molecule has 0 aliphatic heterocycles. The lowest BCUT2D eigenvalue weighted by atomic mass is 10.1. The summed E-state index contributed by atoms with van der Waals surface area (Å²) in [5.41, 5.74) is 1.30. The lowest BCUT2D eigenvalue weighted by Gasteiger charge is -2.18. The Morgan fingerprint density at radius 2 is 1.97 bits per heavy atom. The maximum absolute atomic E-state index is 12.9. The van der Waals surface area contributed by atoms with Crippen LogP contribution in [0.3, 0.4) is 0 Å². The molecule has 0 saturated carbocycles. The van der Waals surface area contributed by atoms with Crippen LogP contribution in [-0.2, 0) is 25.7 Å². The number of aromatic carboxylic acids is 1. The molecule has 0 aromatic carbocycles. The molecule has 3 rings (SSSR count). The SMILES string of the molecule is CCc1c(-c2nc(Cl)ncc2C)nc(C(=O)O)n1CC(C)NCc1cc(C(F)(F)F)ncn1. The molecule has 0 aliphatic carbocycles. The molecular formula is C20H21ClF3N7O2. The number of carboxylic acids is 1. The maximum Gasteiger partial charge on any atom is 0.433 e. The zero-order valence-electron chi connectivity index (χ0n) is 18.0. The predicted octanol–water partition coefficient (Wildman–Crippen LogP) is 3.55. The van der Waals surface area contributed by atoms with Gasteiger partial charge in [0.1, 0.15) is 17.7 Å². The number of nitrogens with zero attached hydrogens (tertiary/aromatic N) is 6. The van der Waals surface area contributed by atoms with E-state index in [4.69, 9.17) is 11.6 Å². The van der Waals surface area contributed by atoms with Gasteiger partial charge in [0, 0.05) is 31.0 Å². The van der Waals surface area contributed by atoms with Crippen LogP contribution in [0.15, 0.2) is 18.6 Å². The second-order valence-corrected chi connectivity index (χ2v) is 7.68. The Morgan fingerprint density at radius 1 is 1.24 bits per heavy atom. The number of halogens is 4. The molecule has 0 bridgehead atoms. The van der Waals surface area contributed by atoms with Crippen molar-refractivity contribution in [3.8, 4) is 11.4 Å². The van der Waals surface area contributed by atoms with E-state index in [0.717, 1.165) is 12.4 Å². The first-order chi connectivity index (χ1) is 15.5. The van der Waals surface area contributed by atoms with Crippen molar-refractivity contribution in [2.45, 2.75) is 52.5 Å². The fraction of sp³-hybridized carbons (Fsp3) is 0.400. The molecule has 0 radical (unpaired) electrons. The van der Waals surface area contributed by atoms with Gasteiger partial charge in [-0.05, 0) is 43.5 Å². The third-order valence-electron chi connectivity index (χ3n) is 4.87. The van der Waals surface area contributed by atoms with E-state index in [1.165, 1.54) is 6.20 Å². The van der Waals surface area contributed by atoms with Gasteiger partial charge in [-0.2, -0.15) is 13.2 Å². The van der Waals surface area contributed by atoms with Gasteiger partial charge in [-0.15, -0.1) is 0 Å². The van der Waals surface area contributed by atoms with Crippen molar-refractivity contribution < 1.29 is 23.1 Å². The molecule has 0 fully saturated rings. The molecule has 1 unspecified atom stereocenters. The van der Waals surface area contributed by atoms with Crippen LogP contribution in [-0.4, -0.2) is 46.6 Å². The number of aryl methyl sites for hydroxylation is 1. The van der Waals surface area contributed by atoms with Gasteiger partial charge in [-0.1, -0.05) is 6.92 Å². The summed E-state index contributed by atoms with van der Waals surface area (Å²) in [7, 11) is 0. The van der Waals surface area contributed by atoms with E-state index < -0.39 is 17.8 Å². The van der Waals surface area contributed by atoms with E-state index >= 15 is 0 Å². The molecule has 1 atom stereocenters. The van der Waals surface area contributed by atoms with Crippen LogP contribution >= 0.6 is 11.6 Å². The summed E-state index contributed by atoms with van der Waals surface area (Å²) in [5, 5.41) is 12.8. The Hall–Kier alpha value is -3.12. The first-order valence-electron chi connectivity index (χ1n) is 9.95. The van der Waals surface area contributed by atoms with Gasteiger partial charge < -0.3 is 15.0 Å². The molecule has 3 heterocycles. The number of imidazole rings is 1. The van der Waals surface area contributed by atoms with Gasteiger partial charge in [0.15, 0.2) is 0 Å². The Balaban J connectivity index is 1.86. The van der Waals surface area contributed by atoms with E-state index in [2.05, 4.69) is 30.2 Å². The highest BCUT2D eigenvalue weighted by molar-refractivity contribution is 6.28. The lowest BCUT2D eigenvalue weighted by molar-refractivity contribution is -0.141. The van der Waals surface area contributed by atoms with Crippen molar-refractivity contribution in [2.24, 2.45) is 0 Å². The molecule has 13 heteroatoms. The number of hydrogen-bond acceptors (Lipinski definition) is 7. The minimum absolute atomic E-state index is 0.0159. The summed E-state index contributed by atoms with van der Waals surface area (Å²) < 4.78 is 40.1. The summed E-state index contributed by atoms with van der Waals surface area (Å²) in [6.45, 7) is 5.65. The Kier molecular flexibility index (Phi) is 7.28. The van der Waals surface area contributed by atoms with Gasteiger partial charge in [-0.3, -0.25) is 0 Å². The standard InChI is InChI=1S/C20H21ClF3N7O2/c1-4-13-16(15-10(2)6-26-19(21)30-15)29-17(18(32)33)31(13)8-11(3)25-7-12-5-14(20(22,23)24)28-9-27-12/h5-6,9,11,25H,4,7-8H2,1-3H3,(H,32,33). The van der Waals surface area contributed by atoms with Crippen molar-refractivity contribution >= 4 is 17.6 Å². The fourth-order valence-corrected chi connectivity index (χ4v) is 3.45. The smallest absolute Gasteiger partial charge is 0.433 e. The molecule has 0 aliphatic rings. The summed E-state index contributed by atoms with van der Waals surface area (Å²) >= 11 is 5.93. The largest absolute Gasteiger partial charge is 0.475 e. The van der Waals surface area contributed by atoms with Gasteiger partial charge in [0.2, 0.25) is 11.1 Å². The first kappa shape index (κ1) is 24.5. The van der Waals surface area contributed by atoms with Crippen molar-refractivity contribution in [3.05, 3.63) is 52.3 Å². The molecule has 176 valence electrons. The van der Waals surface area contributed by atoms with Crippen LogP contribution in [0.2, 0.25) is 5.28 Å². The molecule has 33 heavy (non-hydrogen) atoms. The number of nitrogens with one attached hydrogen (secondary N) is 1. The van der Waals surface area contributed by atoms with Gasteiger partial charge in [0.25, 0.3) is 0 Å². The quantitative estimate of drug-likeness (QED) is 0.467. The molecular weight excluding hydrogens is 463 g/mol. The van der Waals surface area contributed by atoms with Crippen LogP contribution in [0.5, 0.6) is 0 Å². The fourth-order valence-electron chi connectivity index (χ4n) is 3.32. The second kappa shape index (κ2) is 9.79. The van der Waals surface area contributed by atoms with Crippen LogP contribution in [0.1, 0.15) is 47.1 Å². The molecule has 0 amide bonds. The summed E-state index contributed by atoms with van der Waals surface area (Å²) in [5.74, 6) is -1.39. The van der Waals surface area contributed by atoms with Gasteiger partial charge >= 0.3 is 12.1 Å². The number of aromatic nitrogens is 6. The van der Waals surface area contributed by atoms with E-state index in [1.807, 2.05) is 6.92 Å². The number of carbonyl (C=O) groups is 1. The van der Waals surface area contributed by atoms with Crippen molar-refractivity contribution in [1.82, 2.24) is 34.8 Å². The highest BCUT2D eigenvalue weighted by atomic mass is 35.5. The second-order valence-electron chi connectivity index (χ2n) is 7.34. The summed E-state index contributed by atoms with van der Waals surface area (Å²) in [4.78, 5) is 31.4. The topological polar surface area (TPSA) is 119 Å². The Bertz CT molecular complexity index is 1170. The molecule has 9 nitrogen and oxygen atoms in total. The van der Waals surface area contributed by atoms with Gasteiger partial charge in [-0.25, -0.2) is 29.7 Å². The van der Waals surface area contributed by atoms with E-state index in [0.29, 0.717) is 29.1 Å². The molecule has 3 aromatic heterocycles. The predicted molar refractivity (Wildman–Crippen MR) is 113 cm³/mol. The van der Waals surface area contributed by atoms with Crippen molar-refractivity contribution in [2.75, 3.05) is 0 Å². The van der Waals surface area contributed by atoms with E-state index in [9.17, 15) is 23.1 Å². The summed E-state index contributed by atoms with van der Waals surface area (Å²) in [6, 6.07) is 0.548. The van der Waals surface area contributed by atoms with Crippen LogP contribution in [0.4, 0.5) is 13.2 Å². The number of rotatable bonds is 8. The van der Waals surface area contributed by atoms with E-state index in [-0.39, 0.29) is 35.9 Å². The highest BCUT2D eigenvalue weighted by Crippen LogP contribution is 2.28. The zero-order chi connectivity index (χ0) is 24.3. The average Bonchev–Trinajstić information content (AvgIpc) is 3.11. The molecule has 3 aromatic rings. The number of alkyl halides is 3. The van der Waals surface area contributed by atoms with Crippen LogP contribution < -0.4 is 5.32 Å². The first-order valence-corrected chi connectivity index (χ1v) is 10.3. The van der Waals surface area contributed by atoms with Crippen LogP contribution in [0.25, 0.3) is 11.4 Å². The monoisotopic (exact) mass is 483 g/mol. The maximum atomic E-state index is 12.9. The van der Waals surface area contributed by atoms with Crippen molar-refractivity contribution in [3.63, 3.8) is 0 Å². The zero-order valence-corrected chi connectivity index (χ0v) is 18.7.